The summed E-state index contributed by atoms with van der Waals surface area (Å²) in [6.07, 6.45) is -2.87. The molecule has 2 N–H and O–H groups in total. The molecule has 90 valence electrons. The zero-order valence-corrected chi connectivity index (χ0v) is 9.54. The maximum Gasteiger partial charge on any atom is 0.337 e. The van der Waals surface area contributed by atoms with Crippen molar-refractivity contribution < 1.29 is 19.7 Å². The van der Waals surface area contributed by atoms with Gasteiger partial charge < -0.3 is 14.9 Å². The summed E-state index contributed by atoms with van der Waals surface area (Å²) in [7, 11) is 1.25. The fraction of sp³-hybridized carbons (Fsp3) is 0.333. The van der Waals surface area contributed by atoms with Gasteiger partial charge in [0.05, 0.1) is 18.7 Å². The predicted octanol–water partition coefficient (Wildman–Crippen LogP) is 0.699. The lowest BCUT2D eigenvalue weighted by molar-refractivity contribution is 0.0518. The second-order valence-electron chi connectivity index (χ2n) is 3.58. The van der Waals surface area contributed by atoms with Gasteiger partial charge in [-0.1, -0.05) is 6.07 Å². The lowest BCUT2D eigenvalue weighted by Crippen LogP contribution is -2.17. The molecule has 0 spiro atoms. The number of methoxy groups -OCH3 is 1. The van der Waals surface area contributed by atoms with Crippen LogP contribution in [0.4, 0.5) is 0 Å². The van der Waals surface area contributed by atoms with E-state index in [0.717, 1.165) is 0 Å². The minimum Gasteiger partial charge on any atom is -0.465 e. The van der Waals surface area contributed by atoms with Gasteiger partial charge in [-0.25, -0.2) is 4.79 Å². The van der Waals surface area contributed by atoms with Gasteiger partial charge in [0.25, 0.3) is 0 Å². The third-order valence-electron chi connectivity index (χ3n) is 2.45. The molecule has 1 aromatic rings. The van der Waals surface area contributed by atoms with Gasteiger partial charge in [-0.15, -0.1) is 0 Å². The Kier molecular flexibility index (Phi) is 4.21. The molecular formula is C12H13NO4. The van der Waals surface area contributed by atoms with Crippen LogP contribution in [-0.4, -0.2) is 29.4 Å². The second kappa shape index (κ2) is 5.43. The molecule has 17 heavy (non-hydrogen) atoms. The minimum atomic E-state index is -1.53. The summed E-state index contributed by atoms with van der Waals surface area (Å²) in [5.74, 6) is -0.537. The van der Waals surface area contributed by atoms with Crippen molar-refractivity contribution in [3.05, 3.63) is 34.9 Å². The number of aryl methyl sites for hydroxylation is 1. The number of carbonyl (C=O) groups excluding carboxylic acids is 1. The average Bonchev–Trinajstić information content (AvgIpc) is 2.36. The van der Waals surface area contributed by atoms with Gasteiger partial charge in [-0.2, -0.15) is 5.26 Å². The maximum atomic E-state index is 11.3. The molecule has 0 amide bonds. The lowest BCUT2D eigenvalue weighted by Gasteiger charge is -2.15. The van der Waals surface area contributed by atoms with Crippen LogP contribution in [0.2, 0.25) is 0 Å². The second-order valence-corrected chi connectivity index (χ2v) is 3.58. The molecule has 5 nitrogen and oxygen atoms in total. The first-order valence-electron chi connectivity index (χ1n) is 4.96. The van der Waals surface area contributed by atoms with Gasteiger partial charge in [0, 0.05) is 0 Å². The predicted molar refractivity (Wildman–Crippen MR) is 59.1 cm³/mol. The van der Waals surface area contributed by atoms with E-state index in [9.17, 15) is 15.0 Å². The first-order valence-corrected chi connectivity index (χ1v) is 4.96. The number of esters is 1. The Labute approximate surface area is 98.9 Å². The summed E-state index contributed by atoms with van der Waals surface area (Å²) >= 11 is 0. The standard InChI is InChI=1S/C12H13NO4/c1-7-3-4-8(12(16)17-2)5-9(7)11(15)10(14)6-13/h3-5,10-11,14-15H,1-2H3. The van der Waals surface area contributed by atoms with Crippen molar-refractivity contribution in [2.75, 3.05) is 7.11 Å². The van der Waals surface area contributed by atoms with Crippen molar-refractivity contribution in [3.8, 4) is 6.07 Å². The fourth-order valence-corrected chi connectivity index (χ4v) is 1.44. The Morgan fingerprint density at radius 1 is 1.47 bits per heavy atom. The molecule has 0 aliphatic heterocycles. The summed E-state index contributed by atoms with van der Waals surface area (Å²) in [5.41, 5.74) is 1.28. The molecule has 1 aromatic carbocycles. The third-order valence-corrected chi connectivity index (χ3v) is 2.45. The molecule has 0 aliphatic rings. The molecule has 5 heteroatoms. The molecule has 0 saturated heterocycles. The number of rotatable bonds is 3. The Morgan fingerprint density at radius 3 is 2.65 bits per heavy atom. The molecule has 0 aliphatic carbocycles. The van der Waals surface area contributed by atoms with Crippen molar-refractivity contribution in [1.29, 1.82) is 5.26 Å². The summed E-state index contributed by atoms with van der Waals surface area (Å²) < 4.78 is 4.55. The van der Waals surface area contributed by atoms with Gasteiger partial charge in [0.1, 0.15) is 6.10 Å². The van der Waals surface area contributed by atoms with Crippen molar-refractivity contribution in [1.82, 2.24) is 0 Å². The summed E-state index contributed by atoms with van der Waals surface area (Å²) in [5, 5.41) is 27.5. The highest BCUT2D eigenvalue weighted by atomic mass is 16.5. The van der Waals surface area contributed by atoms with Crippen LogP contribution in [-0.2, 0) is 4.74 Å². The lowest BCUT2D eigenvalue weighted by atomic mass is 9.97. The van der Waals surface area contributed by atoms with Crippen LogP contribution in [0.1, 0.15) is 27.6 Å². The maximum absolute atomic E-state index is 11.3. The van der Waals surface area contributed by atoms with E-state index in [1.807, 2.05) is 0 Å². The third kappa shape index (κ3) is 2.81. The number of hydrogen-bond acceptors (Lipinski definition) is 5. The van der Waals surface area contributed by atoms with E-state index in [4.69, 9.17) is 5.26 Å². The highest BCUT2D eigenvalue weighted by Crippen LogP contribution is 2.22. The highest BCUT2D eigenvalue weighted by Gasteiger charge is 2.21. The number of benzene rings is 1. The van der Waals surface area contributed by atoms with Crippen LogP contribution >= 0.6 is 0 Å². The number of nitrogens with zero attached hydrogens (tertiary/aromatic N) is 1. The van der Waals surface area contributed by atoms with Gasteiger partial charge in [0.15, 0.2) is 6.10 Å². The van der Waals surface area contributed by atoms with E-state index in [1.165, 1.54) is 13.2 Å². The molecular weight excluding hydrogens is 222 g/mol. The van der Waals surface area contributed by atoms with Crippen LogP contribution in [0.15, 0.2) is 18.2 Å². The van der Waals surface area contributed by atoms with E-state index in [2.05, 4.69) is 4.74 Å². The topological polar surface area (TPSA) is 90.6 Å². The van der Waals surface area contributed by atoms with Gasteiger partial charge in [-0.05, 0) is 30.2 Å². The quantitative estimate of drug-likeness (QED) is 0.594. The number of aliphatic hydroxyl groups is 2. The van der Waals surface area contributed by atoms with Crippen LogP contribution < -0.4 is 0 Å². The van der Waals surface area contributed by atoms with E-state index < -0.39 is 18.2 Å². The molecule has 0 fully saturated rings. The summed E-state index contributed by atoms with van der Waals surface area (Å²) in [6, 6.07) is 6.12. The largest absolute Gasteiger partial charge is 0.465 e. The number of carbonyl (C=O) groups is 1. The molecule has 0 bridgehead atoms. The Morgan fingerprint density at radius 2 is 2.12 bits per heavy atom. The van der Waals surface area contributed by atoms with E-state index in [1.54, 1.807) is 25.1 Å². The first kappa shape index (κ1) is 13.2. The van der Waals surface area contributed by atoms with E-state index in [-0.39, 0.29) is 5.56 Å². The monoisotopic (exact) mass is 235 g/mol. The number of nitriles is 1. The fourth-order valence-electron chi connectivity index (χ4n) is 1.44. The highest BCUT2D eigenvalue weighted by molar-refractivity contribution is 5.89. The molecule has 0 aromatic heterocycles. The van der Waals surface area contributed by atoms with Crippen molar-refractivity contribution >= 4 is 5.97 Å². The molecule has 0 saturated carbocycles. The zero-order valence-electron chi connectivity index (χ0n) is 9.54. The summed E-state index contributed by atoms with van der Waals surface area (Å²) in [4.78, 5) is 11.3. The number of aliphatic hydroxyl groups excluding tert-OH is 2. The van der Waals surface area contributed by atoms with Crippen molar-refractivity contribution in [2.45, 2.75) is 19.1 Å². The number of ether oxygens (including phenoxy) is 1. The molecule has 2 unspecified atom stereocenters. The van der Waals surface area contributed by atoms with Crippen LogP contribution in [0.5, 0.6) is 0 Å². The normalized spacial score (nSPS) is 13.6. The SMILES string of the molecule is COC(=O)c1ccc(C)c(C(O)C(O)C#N)c1. The van der Waals surface area contributed by atoms with Gasteiger partial charge in [0.2, 0.25) is 0 Å². The smallest absolute Gasteiger partial charge is 0.337 e. The van der Waals surface area contributed by atoms with Crippen LogP contribution in [0.3, 0.4) is 0 Å². The van der Waals surface area contributed by atoms with Crippen LogP contribution in [0, 0.1) is 18.3 Å². The molecule has 1 rings (SSSR count). The van der Waals surface area contributed by atoms with E-state index >= 15 is 0 Å². The van der Waals surface area contributed by atoms with Crippen molar-refractivity contribution in [2.24, 2.45) is 0 Å². The Balaban J connectivity index is 3.15. The Hall–Kier alpha value is -1.90. The molecule has 2 atom stereocenters. The van der Waals surface area contributed by atoms with E-state index in [0.29, 0.717) is 11.1 Å². The van der Waals surface area contributed by atoms with Crippen molar-refractivity contribution in [3.63, 3.8) is 0 Å². The minimum absolute atomic E-state index is 0.261. The number of hydrogen-bond donors (Lipinski definition) is 2. The summed E-state index contributed by atoms with van der Waals surface area (Å²) in [6.45, 7) is 1.71. The molecule has 0 heterocycles. The van der Waals surface area contributed by atoms with Crippen LogP contribution in [0.25, 0.3) is 0 Å². The van der Waals surface area contributed by atoms with Gasteiger partial charge >= 0.3 is 5.97 Å². The first-order chi connectivity index (χ1) is 8.01. The Bertz CT molecular complexity index is 464. The average molecular weight is 235 g/mol. The zero-order chi connectivity index (χ0) is 13.0. The molecule has 0 radical (unpaired) electrons. The van der Waals surface area contributed by atoms with Gasteiger partial charge in [-0.3, -0.25) is 0 Å².